The van der Waals surface area contributed by atoms with E-state index in [9.17, 15) is 4.79 Å². The van der Waals surface area contributed by atoms with Gasteiger partial charge in [0.25, 0.3) is 0 Å². The third-order valence-electron chi connectivity index (χ3n) is 3.63. The molecular formula is C15H21ClN2OS. The molecule has 1 fully saturated rings. The number of thioether (sulfide) groups is 1. The highest BCUT2D eigenvalue weighted by Crippen LogP contribution is 2.29. The molecule has 0 saturated carbocycles. The highest BCUT2D eigenvalue weighted by molar-refractivity contribution is 7.98. The van der Waals surface area contributed by atoms with Gasteiger partial charge in [0.2, 0.25) is 5.91 Å². The normalized spacial score (nSPS) is 20.8. The molecule has 2 rings (SSSR count). The predicted octanol–water partition coefficient (Wildman–Crippen LogP) is 2.81. The number of amides is 1. The number of carbonyl (C=O) groups is 1. The minimum atomic E-state index is 0.0363. The number of hydrogen-bond donors (Lipinski definition) is 1. The van der Waals surface area contributed by atoms with Gasteiger partial charge in [0.1, 0.15) is 0 Å². The number of rotatable bonds is 4. The van der Waals surface area contributed by atoms with E-state index in [2.05, 4.69) is 5.32 Å². The molecule has 1 aliphatic rings. The Balaban J connectivity index is 2.21. The monoisotopic (exact) mass is 312 g/mol. The predicted molar refractivity (Wildman–Crippen MR) is 86.3 cm³/mol. The Bertz CT molecular complexity index is 469. The number of hydrogen-bond acceptors (Lipinski definition) is 3. The molecular weight excluding hydrogens is 292 g/mol. The molecule has 1 N–H and O–H groups in total. The topological polar surface area (TPSA) is 32.3 Å². The summed E-state index contributed by atoms with van der Waals surface area (Å²) in [6.07, 6.45) is 2.03. The molecule has 0 bridgehead atoms. The van der Waals surface area contributed by atoms with Gasteiger partial charge < -0.3 is 10.2 Å². The Hall–Kier alpha value is -0.710. The number of nitrogens with one attached hydrogen (secondary N) is 1. The fraction of sp³-hybridized carbons (Fsp3) is 0.533. The molecule has 1 aliphatic heterocycles. The van der Waals surface area contributed by atoms with Gasteiger partial charge in [0.05, 0.1) is 6.04 Å². The number of halogens is 1. The summed E-state index contributed by atoms with van der Waals surface area (Å²) in [5.41, 5.74) is 1.03. The van der Waals surface area contributed by atoms with E-state index in [1.807, 2.05) is 42.3 Å². The fourth-order valence-electron chi connectivity index (χ4n) is 2.60. The van der Waals surface area contributed by atoms with Crippen LogP contribution >= 0.6 is 23.4 Å². The molecule has 0 aromatic heterocycles. The van der Waals surface area contributed by atoms with Gasteiger partial charge in [-0.1, -0.05) is 36.7 Å². The van der Waals surface area contributed by atoms with Crippen molar-refractivity contribution < 1.29 is 4.79 Å². The Kier molecular flexibility index (Phi) is 5.75. The standard InChI is InChI=1S/C15H21ClN2OS/c1-11(10-20-2)15(19)18-8-7-17-9-14(18)12-5-3-4-6-13(12)16/h3-6,11,14,17H,7-10H2,1-2H3. The molecule has 5 heteroatoms. The highest BCUT2D eigenvalue weighted by atomic mass is 35.5. The summed E-state index contributed by atoms with van der Waals surface area (Å²) in [5, 5.41) is 4.09. The van der Waals surface area contributed by atoms with Crippen LogP contribution in [0.5, 0.6) is 0 Å². The molecule has 1 aromatic carbocycles. The first-order valence-corrected chi connectivity index (χ1v) is 8.67. The Morgan fingerprint density at radius 3 is 3.00 bits per heavy atom. The summed E-state index contributed by atoms with van der Waals surface area (Å²) < 4.78 is 0. The summed E-state index contributed by atoms with van der Waals surface area (Å²) in [5.74, 6) is 1.14. The largest absolute Gasteiger partial charge is 0.333 e. The van der Waals surface area contributed by atoms with Crippen molar-refractivity contribution in [3.63, 3.8) is 0 Å². The van der Waals surface area contributed by atoms with Gasteiger partial charge in [-0.25, -0.2) is 0 Å². The molecule has 1 aromatic rings. The minimum Gasteiger partial charge on any atom is -0.333 e. The number of carbonyl (C=O) groups excluding carboxylic acids is 1. The molecule has 1 saturated heterocycles. The van der Waals surface area contributed by atoms with Crippen molar-refractivity contribution in [2.24, 2.45) is 5.92 Å². The third-order valence-corrected chi connectivity index (χ3v) is 4.81. The van der Waals surface area contributed by atoms with Crippen LogP contribution in [0.25, 0.3) is 0 Å². The second-order valence-corrected chi connectivity index (χ2v) is 6.45. The van der Waals surface area contributed by atoms with Crippen LogP contribution in [0.1, 0.15) is 18.5 Å². The van der Waals surface area contributed by atoms with Crippen molar-refractivity contribution in [3.8, 4) is 0 Å². The molecule has 110 valence electrons. The van der Waals surface area contributed by atoms with E-state index in [4.69, 9.17) is 11.6 Å². The average molecular weight is 313 g/mol. The Morgan fingerprint density at radius 2 is 2.30 bits per heavy atom. The molecule has 0 spiro atoms. The molecule has 2 atom stereocenters. The van der Waals surface area contributed by atoms with Gasteiger partial charge in [0.15, 0.2) is 0 Å². The zero-order chi connectivity index (χ0) is 14.5. The highest BCUT2D eigenvalue weighted by Gasteiger charge is 2.31. The van der Waals surface area contributed by atoms with Gasteiger partial charge in [-0.2, -0.15) is 11.8 Å². The zero-order valence-corrected chi connectivity index (χ0v) is 13.5. The lowest BCUT2D eigenvalue weighted by molar-refractivity contribution is -0.137. The summed E-state index contributed by atoms with van der Waals surface area (Å²) in [4.78, 5) is 14.6. The second-order valence-electron chi connectivity index (χ2n) is 5.13. The van der Waals surface area contributed by atoms with Gasteiger partial charge in [-0.3, -0.25) is 4.79 Å². The van der Waals surface area contributed by atoms with Crippen LogP contribution in [0.3, 0.4) is 0 Å². The Labute approximate surface area is 130 Å². The molecule has 1 heterocycles. The van der Waals surface area contributed by atoms with Gasteiger partial charge >= 0.3 is 0 Å². The average Bonchev–Trinajstić information content (AvgIpc) is 2.47. The van der Waals surface area contributed by atoms with Gasteiger partial charge in [-0.05, 0) is 17.9 Å². The van der Waals surface area contributed by atoms with Crippen molar-refractivity contribution in [3.05, 3.63) is 34.9 Å². The maximum atomic E-state index is 12.6. The van der Waals surface area contributed by atoms with Crippen molar-refractivity contribution in [1.29, 1.82) is 0 Å². The van der Waals surface area contributed by atoms with Crippen LogP contribution in [0.2, 0.25) is 5.02 Å². The van der Waals surface area contributed by atoms with Crippen LogP contribution < -0.4 is 5.32 Å². The van der Waals surface area contributed by atoms with Gasteiger partial charge in [0, 0.05) is 36.3 Å². The summed E-state index contributed by atoms with van der Waals surface area (Å²) >= 11 is 8.01. The van der Waals surface area contributed by atoms with Crippen LogP contribution in [-0.4, -0.2) is 42.4 Å². The molecule has 0 radical (unpaired) electrons. The molecule has 1 amide bonds. The summed E-state index contributed by atoms with van der Waals surface area (Å²) in [7, 11) is 0. The van der Waals surface area contributed by atoms with E-state index >= 15 is 0 Å². The van der Waals surface area contributed by atoms with Crippen molar-refractivity contribution in [2.75, 3.05) is 31.6 Å². The first-order chi connectivity index (χ1) is 9.65. The zero-order valence-electron chi connectivity index (χ0n) is 11.9. The van der Waals surface area contributed by atoms with Crippen LogP contribution in [0.4, 0.5) is 0 Å². The van der Waals surface area contributed by atoms with E-state index in [1.165, 1.54) is 0 Å². The maximum Gasteiger partial charge on any atom is 0.226 e. The lowest BCUT2D eigenvalue weighted by Crippen LogP contribution is -2.50. The summed E-state index contributed by atoms with van der Waals surface area (Å²) in [6, 6.07) is 7.84. The second kappa shape index (κ2) is 7.34. The van der Waals surface area contributed by atoms with Crippen LogP contribution in [-0.2, 0) is 4.79 Å². The van der Waals surface area contributed by atoms with E-state index in [1.54, 1.807) is 11.8 Å². The quantitative estimate of drug-likeness (QED) is 0.928. The van der Waals surface area contributed by atoms with E-state index in [0.717, 1.165) is 36.0 Å². The van der Waals surface area contributed by atoms with Gasteiger partial charge in [-0.15, -0.1) is 0 Å². The molecule has 2 unspecified atom stereocenters. The lowest BCUT2D eigenvalue weighted by Gasteiger charge is -2.38. The third kappa shape index (κ3) is 3.48. The minimum absolute atomic E-state index is 0.0363. The van der Waals surface area contributed by atoms with E-state index in [-0.39, 0.29) is 17.9 Å². The maximum absolute atomic E-state index is 12.6. The number of piperazine rings is 1. The smallest absolute Gasteiger partial charge is 0.226 e. The van der Waals surface area contributed by atoms with Crippen molar-refractivity contribution in [2.45, 2.75) is 13.0 Å². The first kappa shape index (κ1) is 15.7. The molecule has 3 nitrogen and oxygen atoms in total. The molecule has 0 aliphatic carbocycles. The molecule has 20 heavy (non-hydrogen) atoms. The number of nitrogens with zero attached hydrogens (tertiary/aromatic N) is 1. The number of benzene rings is 1. The van der Waals surface area contributed by atoms with E-state index in [0.29, 0.717) is 0 Å². The SMILES string of the molecule is CSCC(C)C(=O)N1CCNCC1c1ccccc1Cl. The van der Waals surface area contributed by atoms with Crippen molar-refractivity contribution >= 4 is 29.3 Å². The van der Waals surface area contributed by atoms with Crippen LogP contribution in [0, 0.1) is 5.92 Å². The van der Waals surface area contributed by atoms with Crippen LogP contribution in [0.15, 0.2) is 24.3 Å². The summed E-state index contributed by atoms with van der Waals surface area (Å²) in [6.45, 7) is 4.36. The van der Waals surface area contributed by atoms with E-state index < -0.39 is 0 Å². The lowest BCUT2D eigenvalue weighted by atomic mass is 10.0. The van der Waals surface area contributed by atoms with Crippen molar-refractivity contribution in [1.82, 2.24) is 10.2 Å². The first-order valence-electron chi connectivity index (χ1n) is 6.89. The Morgan fingerprint density at radius 1 is 1.55 bits per heavy atom. The fourth-order valence-corrected chi connectivity index (χ4v) is 3.50.